The summed E-state index contributed by atoms with van der Waals surface area (Å²) in [4.78, 5) is 19.3. The predicted molar refractivity (Wildman–Crippen MR) is 109 cm³/mol. The number of piperidine rings is 1. The summed E-state index contributed by atoms with van der Waals surface area (Å²) in [6.07, 6.45) is 3.03. The van der Waals surface area contributed by atoms with E-state index in [0.717, 1.165) is 54.9 Å². The Kier molecular flexibility index (Phi) is 5.82. The maximum absolute atomic E-state index is 12.6. The van der Waals surface area contributed by atoms with Gasteiger partial charge in [-0.05, 0) is 44.4 Å². The Labute approximate surface area is 169 Å². The molecule has 0 aliphatic carbocycles. The third-order valence-electron chi connectivity index (χ3n) is 5.49. The summed E-state index contributed by atoms with van der Waals surface area (Å²) in [5.74, 6) is 0.771. The smallest absolute Gasteiger partial charge is 0.240 e. The van der Waals surface area contributed by atoms with Gasteiger partial charge in [0.05, 0.1) is 29.5 Å². The van der Waals surface area contributed by atoms with Crippen LogP contribution in [0.5, 0.6) is 5.75 Å². The summed E-state index contributed by atoms with van der Waals surface area (Å²) in [6, 6.07) is 5.78. The largest absolute Gasteiger partial charge is 0.494 e. The number of ether oxygens (including phenoxy) is 3. The maximum atomic E-state index is 12.6. The zero-order valence-corrected chi connectivity index (χ0v) is 17.2. The van der Waals surface area contributed by atoms with Gasteiger partial charge in [-0.1, -0.05) is 11.3 Å². The second kappa shape index (κ2) is 8.32. The van der Waals surface area contributed by atoms with Crippen molar-refractivity contribution in [2.45, 2.75) is 37.9 Å². The molecular weight excluding hydrogens is 378 g/mol. The number of carbonyl (C=O) groups excluding carboxylic acids is 1. The van der Waals surface area contributed by atoms with Crippen LogP contribution < -0.4 is 10.1 Å². The molecule has 1 spiro atoms. The average molecular weight is 406 g/mol. The third-order valence-corrected chi connectivity index (χ3v) is 6.42. The molecule has 0 bridgehead atoms. The summed E-state index contributed by atoms with van der Waals surface area (Å²) in [7, 11) is 1.75. The number of amides is 1. The molecule has 2 aliphatic heterocycles. The molecule has 2 aromatic rings. The minimum Gasteiger partial charge on any atom is -0.494 e. The number of hydrogen-bond acceptors (Lipinski definition) is 7. The van der Waals surface area contributed by atoms with Crippen molar-refractivity contribution in [1.29, 1.82) is 0 Å². The average Bonchev–Trinajstić information content (AvgIpc) is 3.28. The molecule has 0 radical (unpaired) electrons. The van der Waals surface area contributed by atoms with Crippen LogP contribution in [0.1, 0.15) is 26.2 Å². The molecule has 2 saturated heterocycles. The van der Waals surface area contributed by atoms with Gasteiger partial charge in [0.15, 0.2) is 5.13 Å². The van der Waals surface area contributed by atoms with E-state index in [-0.39, 0.29) is 17.6 Å². The monoisotopic (exact) mass is 405 g/mol. The van der Waals surface area contributed by atoms with Crippen LogP contribution in [0.15, 0.2) is 18.2 Å². The molecule has 0 saturated carbocycles. The fourth-order valence-electron chi connectivity index (χ4n) is 4.26. The molecule has 1 aromatic heterocycles. The molecule has 1 amide bonds. The van der Waals surface area contributed by atoms with E-state index in [1.54, 1.807) is 7.11 Å². The highest BCUT2D eigenvalue weighted by atomic mass is 32.1. The summed E-state index contributed by atoms with van der Waals surface area (Å²) >= 11 is 1.46. The minimum absolute atomic E-state index is 0.0481. The van der Waals surface area contributed by atoms with Crippen LogP contribution >= 0.6 is 11.3 Å². The number of nitrogens with one attached hydrogen (secondary N) is 1. The Bertz CT molecular complexity index is 834. The molecule has 4 rings (SSSR count). The number of carbonyl (C=O) groups is 1. The Hall–Kier alpha value is -1.74. The number of aromatic nitrogens is 1. The van der Waals surface area contributed by atoms with Gasteiger partial charge in [0.1, 0.15) is 11.4 Å². The van der Waals surface area contributed by atoms with Crippen LogP contribution in [-0.2, 0) is 14.3 Å². The lowest BCUT2D eigenvalue weighted by atomic mass is 9.87. The first-order valence-corrected chi connectivity index (χ1v) is 10.7. The summed E-state index contributed by atoms with van der Waals surface area (Å²) < 4.78 is 18.3. The maximum Gasteiger partial charge on any atom is 0.240 e. The van der Waals surface area contributed by atoms with Gasteiger partial charge in [0.25, 0.3) is 0 Å². The van der Waals surface area contributed by atoms with Gasteiger partial charge in [0.2, 0.25) is 5.91 Å². The molecule has 28 heavy (non-hydrogen) atoms. The highest BCUT2D eigenvalue weighted by Gasteiger charge is 2.47. The SMILES string of the molecule is CCOc1ccc2nc(NC(=O)CN3CCC(OC)C4(CCCO4)C3)sc2c1. The number of fused-ring (bicyclic) bond motifs is 1. The molecule has 1 aromatic carbocycles. The first kappa shape index (κ1) is 19.6. The normalized spacial score (nSPS) is 25.4. The number of hydrogen-bond donors (Lipinski definition) is 1. The van der Waals surface area contributed by atoms with Gasteiger partial charge in [-0.2, -0.15) is 0 Å². The minimum atomic E-state index is -0.265. The Morgan fingerprint density at radius 3 is 3.14 bits per heavy atom. The van der Waals surface area contributed by atoms with E-state index < -0.39 is 0 Å². The zero-order chi connectivity index (χ0) is 19.6. The van der Waals surface area contributed by atoms with Crippen molar-refractivity contribution in [3.63, 3.8) is 0 Å². The quantitative estimate of drug-likeness (QED) is 0.797. The van der Waals surface area contributed by atoms with Crippen LogP contribution in [-0.4, -0.2) is 67.5 Å². The highest BCUT2D eigenvalue weighted by Crippen LogP contribution is 2.36. The van der Waals surface area contributed by atoms with Gasteiger partial charge in [-0.3, -0.25) is 9.69 Å². The lowest BCUT2D eigenvalue weighted by Gasteiger charge is -2.44. The third kappa shape index (κ3) is 4.00. The summed E-state index contributed by atoms with van der Waals surface area (Å²) in [5, 5.41) is 3.57. The van der Waals surface area contributed by atoms with E-state index in [2.05, 4.69) is 15.2 Å². The molecule has 2 unspecified atom stereocenters. The molecule has 1 N–H and O–H groups in total. The number of methoxy groups -OCH3 is 1. The number of benzene rings is 1. The number of thiazole rings is 1. The summed E-state index contributed by atoms with van der Waals surface area (Å²) in [5.41, 5.74) is 0.599. The number of nitrogens with zero attached hydrogens (tertiary/aromatic N) is 2. The molecular formula is C20H27N3O4S. The first-order valence-electron chi connectivity index (χ1n) is 9.84. The van der Waals surface area contributed by atoms with Crippen molar-refractivity contribution < 1.29 is 19.0 Å². The van der Waals surface area contributed by atoms with E-state index >= 15 is 0 Å². The second-order valence-corrected chi connectivity index (χ2v) is 8.40. The fraction of sp³-hybridized carbons (Fsp3) is 0.600. The summed E-state index contributed by atoms with van der Waals surface area (Å²) in [6.45, 7) is 5.25. The highest BCUT2D eigenvalue weighted by molar-refractivity contribution is 7.22. The van der Waals surface area contributed by atoms with Crippen LogP contribution in [0, 0.1) is 0 Å². The van der Waals surface area contributed by atoms with Crippen molar-refractivity contribution in [2.75, 3.05) is 45.3 Å². The Balaban J connectivity index is 1.38. The Morgan fingerprint density at radius 2 is 2.39 bits per heavy atom. The number of anilines is 1. The van der Waals surface area contributed by atoms with E-state index in [9.17, 15) is 4.79 Å². The predicted octanol–water partition coefficient (Wildman–Crippen LogP) is 2.90. The topological polar surface area (TPSA) is 72.9 Å². The molecule has 2 atom stereocenters. The van der Waals surface area contributed by atoms with Gasteiger partial charge in [-0.15, -0.1) is 0 Å². The fourth-order valence-corrected chi connectivity index (χ4v) is 5.17. The van der Waals surface area contributed by atoms with Crippen LogP contribution in [0.25, 0.3) is 10.2 Å². The van der Waals surface area contributed by atoms with Crippen molar-refractivity contribution in [2.24, 2.45) is 0 Å². The van der Waals surface area contributed by atoms with Gasteiger partial charge in [-0.25, -0.2) is 4.98 Å². The molecule has 8 heteroatoms. The molecule has 152 valence electrons. The van der Waals surface area contributed by atoms with Crippen molar-refractivity contribution in [3.05, 3.63) is 18.2 Å². The van der Waals surface area contributed by atoms with Crippen molar-refractivity contribution in [3.8, 4) is 5.75 Å². The van der Waals surface area contributed by atoms with Crippen LogP contribution in [0.4, 0.5) is 5.13 Å². The second-order valence-electron chi connectivity index (χ2n) is 7.37. The lowest BCUT2D eigenvalue weighted by molar-refractivity contribution is -0.146. The number of likely N-dealkylation sites (tertiary alicyclic amines) is 1. The standard InChI is InChI=1S/C20H27N3O4S/c1-3-26-14-5-6-15-16(11-14)28-19(21-15)22-18(24)12-23-9-7-17(25-2)20(13-23)8-4-10-27-20/h5-6,11,17H,3-4,7-10,12-13H2,1-2H3,(H,21,22,24). The lowest BCUT2D eigenvalue weighted by Crippen LogP contribution is -2.58. The van der Waals surface area contributed by atoms with Crippen molar-refractivity contribution >= 4 is 32.6 Å². The van der Waals surface area contributed by atoms with E-state index in [4.69, 9.17) is 14.2 Å². The van der Waals surface area contributed by atoms with E-state index in [0.29, 0.717) is 18.3 Å². The van der Waals surface area contributed by atoms with Gasteiger partial charge >= 0.3 is 0 Å². The van der Waals surface area contributed by atoms with Gasteiger partial charge in [0, 0.05) is 26.8 Å². The van der Waals surface area contributed by atoms with E-state index in [1.165, 1.54) is 11.3 Å². The zero-order valence-electron chi connectivity index (χ0n) is 16.4. The first-order chi connectivity index (χ1) is 13.6. The molecule has 2 fully saturated rings. The molecule has 2 aliphatic rings. The molecule has 7 nitrogen and oxygen atoms in total. The molecule has 3 heterocycles. The van der Waals surface area contributed by atoms with Gasteiger partial charge < -0.3 is 19.5 Å². The van der Waals surface area contributed by atoms with Crippen LogP contribution in [0.2, 0.25) is 0 Å². The number of rotatable bonds is 6. The van der Waals surface area contributed by atoms with Crippen LogP contribution in [0.3, 0.4) is 0 Å². The Morgan fingerprint density at radius 1 is 1.50 bits per heavy atom. The van der Waals surface area contributed by atoms with Crippen molar-refractivity contribution in [1.82, 2.24) is 9.88 Å². The van der Waals surface area contributed by atoms with E-state index in [1.807, 2.05) is 25.1 Å².